The molecule has 3 heteroatoms. The van der Waals surface area contributed by atoms with E-state index in [0.717, 1.165) is 17.7 Å². The first-order chi connectivity index (χ1) is 9.83. The number of hydrogen-bond donors (Lipinski definition) is 2. The molecular weight excluding hydrogens is 248 g/mol. The molecule has 0 saturated heterocycles. The Kier molecular flexibility index (Phi) is 5.30. The molecule has 0 aliphatic carbocycles. The van der Waals surface area contributed by atoms with Crippen LogP contribution in [0.1, 0.15) is 11.1 Å². The second-order valence-corrected chi connectivity index (χ2v) is 4.73. The van der Waals surface area contributed by atoms with Crippen LogP contribution >= 0.6 is 0 Å². The molecule has 2 aromatic rings. The molecule has 20 heavy (non-hydrogen) atoms. The lowest BCUT2D eigenvalue weighted by Crippen LogP contribution is -2.42. The molecule has 0 aliphatic rings. The summed E-state index contributed by atoms with van der Waals surface area (Å²) >= 11 is 0. The zero-order valence-electron chi connectivity index (χ0n) is 11.9. The van der Waals surface area contributed by atoms with E-state index in [1.54, 1.807) is 7.11 Å². The average molecular weight is 270 g/mol. The maximum absolute atomic E-state index is 5.95. The van der Waals surface area contributed by atoms with E-state index in [1.807, 2.05) is 36.4 Å². The molecule has 0 heterocycles. The minimum Gasteiger partial charge on any atom is -0.367 e. The van der Waals surface area contributed by atoms with E-state index in [2.05, 4.69) is 29.6 Å². The minimum atomic E-state index is -0.488. The van der Waals surface area contributed by atoms with E-state index in [-0.39, 0.29) is 0 Å². The van der Waals surface area contributed by atoms with Gasteiger partial charge in [0.1, 0.15) is 5.60 Å². The summed E-state index contributed by atoms with van der Waals surface area (Å²) < 4.78 is 5.95. The third-order valence-electron chi connectivity index (χ3n) is 3.52. The zero-order valence-corrected chi connectivity index (χ0v) is 11.9. The third-order valence-corrected chi connectivity index (χ3v) is 3.52. The lowest BCUT2D eigenvalue weighted by molar-refractivity contribution is 0.0227. The number of benzene rings is 2. The number of nitrogens with two attached hydrogens (primary N) is 1. The molecule has 0 aliphatic heterocycles. The van der Waals surface area contributed by atoms with Gasteiger partial charge in [0.2, 0.25) is 0 Å². The molecule has 0 radical (unpaired) electrons. The fourth-order valence-electron chi connectivity index (χ4n) is 2.46. The molecule has 3 nitrogen and oxygen atoms in total. The normalized spacial score (nSPS) is 11.5. The van der Waals surface area contributed by atoms with Crippen molar-refractivity contribution in [2.24, 2.45) is 5.73 Å². The second kappa shape index (κ2) is 7.20. The summed E-state index contributed by atoms with van der Waals surface area (Å²) in [4.78, 5) is 0. The van der Waals surface area contributed by atoms with Crippen molar-refractivity contribution in [2.45, 2.75) is 5.60 Å². The Labute approximate surface area is 120 Å². The largest absolute Gasteiger partial charge is 0.367 e. The Morgan fingerprint density at radius 3 is 1.85 bits per heavy atom. The van der Waals surface area contributed by atoms with Crippen LogP contribution in [0.25, 0.3) is 0 Å². The van der Waals surface area contributed by atoms with Gasteiger partial charge in [0.15, 0.2) is 0 Å². The molecule has 0 saturated carbocycles. The zero-order chi connectivity index (χ0) is 14.3. The lowest BCUT2D eigenvalue weighted by Gasteiger charge is -2.34. The van der Waals surface area contributed by atoms with Crippen molar-refractivity contribution < 1.29 is 4.74 Å². The van der Waals surface area contributed by atoms with Crippen molar-refractivity contribution in [1.82, 2.24) is 5.32 Å². The smallest absolute Gasteiger partial charge is 0.130 e. The Hall–Kier alpha value is -1.68. The highest BCUT2D eigenvalue weighted by Gasteiger charge is 2.33. The van der Waals surface area contributed by atoms with Crippen molar-refractivity contribution in [3.05, 3.63) is 71.8 Å². The van der Waals surface area contributed by atoms with E-state index < -0.39 is 5.60 Å². The minimum absolute atomic E-state index is 0.488. The van der Waals surface area contributed by atoms with Crippen LogP contribution in [-0.4, -0.2) is 26.7 Å². The van der Waals surface area contributed by atoms with Crippen LogP contribution in [0.4, 0.5) is 0 Å². The van der Waals surface area contributed by atoms with Gasteiger partial charge in [-0.3, -0.25) is 0 Å². The van der Waals surface area contributed by atoms with Gasteiger partial charge in [-0.2, -0.15) is 0 Å². The Morgan fingerprint density at radius 2 is 1.45 bits per heavy atom. The van der Waals surface area contributed by atoms with Gasteiger partial charge in [-0.05, 0) is 11.1 Å². The first-order valence-corrected chi connectivity index (χ1v) is 6.90. The van der Waals surface area contributed by atoms with E-state index in [9.17, 15) is 0 Å². The van der Waals surface area contributed by atoms with Gasteiger partial charge in [0.05, 0.1) is 0 Å². The molecule has 0 unspecified atom stereocenters. The van der Waals surface area contributed by atoms with Crippen molar-refractivity contribution in [1.29, 1.82) is 0 Å². The Morgan fingerprint density at radius 1 is 0.950 bits per heavy atom. The summed E-state index contributed by atoms with van der Waals surface area (Å²) in [6, 6.07) is 20.6. The van der Waals surface area contributed by atoms with Gasteiger partial charge >= 0.3 is 0 Å². The molecule has 2 aromatic carbocycles. The van der Waals surface area contributed by atoms with E-state index >= 15 is 0 Å². The molecule has 3 N–H and O–H groups in total. The van der Waals surface area contributed by atoms with Crippen molar-refractivity contribution in [3.8, 4) is 0 Å². The van der Waals surface area contributed by atoms with Crippen LogP contribution in [-0.2, 0) is 10.3 Å². The Balaban J connectivity index is 2.41. The van der Waals surface area contributed by atoms with E-state index in [0.29, 0.717) is 13.1 Å². The SMILES string of the molecule is COC(CNCCN)(c1ccccc1)c1ccccc1. The van der Waals surface area contributed by atoms with Crippen LogP contribution in [0.15, 0.2) is 60.7 Å². The highest BCUT2D eigenvalue weighted by atomic mass is 16.5. The molecule has 0 amide bonds. The Bertz CT molecular complexity index is 459. The second-order valence-electron chi connectivity index (χ2n) is 4.73. The van der Waals surface area contributed by atoms with Gasteiger partial charge in [-0.25, -0.2) is 0 Å². The topological polar surface area (TPSA) is 47.3 Å². The van der Waals surface area contributed by atoms with Crippen molar-refractivity contribution in [3.63, 3.8) is 0 Å². The molecule has 2 rings (SSSR count). The first kappa shape index (κ1) is 14.7. The third kappa shape index (κ3) is 3.07. The van der Waals surface area contributed by atoms with Gasteiger partial charge in [-0.15, -0.1) is 0 Å². The monoisotopic (exact) mass is 270 g/mol. The standard InChI is InChI=1S/C17H22N2O/c1-20-17(14-19-13-12-18,15-8-4-2-5-9-15)16-10-6-3-7-11-16/h2-11,19H,12-14,18H2,1H3. The van der Waals surface area contributed by atoms with Crippen molar-refractivity contribution in [2.75, 3.05) is 26.7 Å². The molecule has 0 atom stereocenters. The average Bonchev–Trinajstić information content (AvgIpc) is 2.54. The summed E-state index contributed by atoms with van der Waals surface area (Å²) in [5, 5.41) is 3.37. The van der Waals surface area contributed by atoms with Gasteiger partial charge in [0.25, 0.3) is 0 Å². The number of rotatable bonds is 7. The van der Waals surface area contributed by atoms with Crippen LogP contribution in [0.3, 0.4) is 0 Å². The summed E-state index contributed by atoms with van der Waals surface area (Å²) in [5.41, 5.74) is 7.36. The molecule has 0 bridgehead atoms. The molecular formula is C17H22N2O. The molecule has 0 spiro atoms. The predicted molar refractivity (Wildman–Crippen MR) is 82.6 cm³/mol. The predicted octanol–water partition coefficient (Wildman–Crippen LogP) is 2.12. The first-order valence-electron chi connectivity index (χ1n) is 6.90. The number of hydrogen-bond acceptors (Lipinski definition) is 3. The number of ether oxygens (including phenoxy) is 1. The molecule has 0 aromatic heterocycles. The van der Waals surface area contributed by atoms with Gasteiger partial charge < -0.3 is 15.8 Å². The summed E-state index contributed by atoms with van der Waals surface area (Å²) in [6.45, 7) is 2.07. The van der Waals surface area contributed by atoms with Crippen LogP contribution in [0.5, 0.6) is 0 Å². The summed E-state index contributed by atoms with van der Waals surface area (Å²) in [6.07, 6.45) is 0. The molecule has 0 fully saturated rings. The summed E-state index contributed by atoms with van der Waals surface area (Å²) in [7, 11) is 1.75. The van der Waals surface area contributed by atoms with Crippen LogP contribution in [0.2, 0.25) is 0 Å². The quantitative estimate of drug-likeness (QED) is 0.758. The van der Waals surface area contributed by atoms with Crippen molar-refractivity contribution >= 4 is 0 Å². The highest BCUT2D eigenvalue weighted by molar-refractivity contribution is 5.37. The van der Waals surface area contributed by atoms with Gasteiger partial charge in [0, 0.05) is 26.7 Å². The van der Waals surface area contributed by atoms with E-state index in [1.165, 1.54) is 0 Å². The lowest BCUT2D eigenvalue weighted by atomic mass is 9.86. The number of nitrogens with one attached hydrogen (secondary N) is 1. The fourth-order valence-corrected chi connectivity index (χ4v) is 2.46. The van der Waals surface area contributed by atoms with Gasteiger partial charge in [-0.1, -0.05) is 60.7 Å². The van der Waals surface area contributed by atoms with Crippen LogP contribution < -0.4 is 11.1 Å². The van der Waals surface area contributed by atoms with Crippen LogP contribution in [0, 0.1) is 0 Å². The fraction of sp³-hybridized carbons (Fsp3) is 0.294. The number of methoxy groups -OCH3 is 1. The van der Waals surface area contributed by atoms with E-state index in [4.69, 9.17) is 10.5 Å². The maximum Gasteiger partial charge on any atom is 0.130 e. The molecule has 106 valence electrons. The maximum atomic E-state index is 5.95. The summed E-state index contributed by atoms with van der Waals surface area (Å²) in [5.74, 6) is 0. The highest BCUT2D eigenvalue weighted by Crippen LogP contribution is 2.32.